The molecule has 0 saturated heterocycles. The number of aryl methyl sites for hydroxylation is 2. The number of carbonyl (C=O) groups is 1. The van der Waals surface area contributed by atoms with Gasteiger partial charge in [0.1, 0.15) is 11.4 Å². The smallest absolute Gasteiger partial charge is 0.322 e. The topological polar surface area (TPSA) is 58.4 Å². The van der Waals surface area contributed by atoms with Crippen molar-refractivity contribution in [1.29, 1.82) is 0 Å². The van der Waals surface area contributed by atoms with Crippen LogP contribution in [0.2, 0.25) is 0 Å². The van der Waals surface area contributed by atoms with Gasteiger partial charge in [-0.2, -0.15) is 0 Å². The molecule has 0 bridgehead atoms. The number of aromatic nitrogens is 1. The van der Waals surface area contributed by atoms with Crippen molar-refractivity contribution in [2.24, 2.45) is 0 Å². The van der Waals surface area contributed by atoms with Gasteiger partial charge in [0.05, 0.1) is 6.04 Å². The summed E-state index contributed by atoms with van der Waals surface area (Å²) in [5.74, 6) is 0.608. The van der Waals surface area contributed by atoms with E-state index in [0.29, 0.717) is 17.1 Å². The lowest BCUT2D eigenvalue weighted by Crippen LogP contribution is -2.33. The molecule has 106 valence electrons. The van der Waals surface area contributed by atoms with Crippen LogP contribution in [0, 0.1) is 13.8 Å². The van der Waals surface area contributed by atoms with Crippen molar-refractivity contribution in [2.45, 2.75) is 26.8 Å². The summed E-state index contributed by atoms with van der Waals surface area (Å²) >= 11 is 0. The zero-order valence-electron chi connectivity index (χ0n) is 12.2. The maximum atomic E-state index is 12.3. The summed E-state index contributed by atoms with van der Waals surface area (Å²) < 4.78 is 5.04. The minimum atomic E-state index is -0.184. The van der Waals surface area contributed by atoms with Gasteiger partial charge in [0.15, 0.2) is 5.76 Å². The fraction of sp³-hybridized carbons (Fsp3) is 0.333. The van der Waals surface area contributed by atoms with Crippen LogP contribution in [0.15, 0.2) is 34.9 Å². The second-order valence-corrected chi connectivity index (χ2v) is 4.83. The highest BCUT2D eigenvalue weighted by Gasteiger charge is 2.19. The Morgan fingerprint density at radius 1 is 1.30 bits per heavy atom. The molecule has 20 heavy (non-hydrogen) atoms. The first-order valence-corrected chi connectivity index (χ1v) is 6.52. The van der Waals surface area contributed by atoms with Gasteiger partial charge in [-0.15, -0.1) is 0 Å². The highest BCUT2D eigenvalue weighted by Crippen LogP contribution is 2.22. The van der Waals surface area contributed by atoms with Gasteiger partial charge >= 0.3 is 6.03 Å². The minimum Gasteiger partial charge on any atom is -0.359 e. The molecule has 1 heterocycles. The Labute approximate surface area is 118 Å². The number of anilines is 1. The van der Waals surface area contributed by atoms with E-state index in [1.807, 2.05) is 37.3 Å². The second-order valence-electron chi connectivity index (χ2n) is 4.83. The average Bonchev–Trinajstić information content (AvgIpc) is 2.78. The fourth-order valence-electron chi connectivity index (χ4n) is 1.99. The zero-order chi connectivity index (χ0) is 14.7. The Morgan fingerprint density at radius 2 is 1.95 bits per heavy atom. The van der Waals surface area contributed by atoms with Crippen molar-refractivity contribution in [2.75, 3.05) is 12.4 Å². The molecule has 5 heteroatoms. The van der Waals surface area contributed by atoms with Gasteiger partial charge in [-0.05, 0) is 26.3 Å². The molecule has 0 aliphatic rings. The number of amides is 2. The normalized spacial score (nSPS) is 12.0. The summed E-state index contributed by atoms with van der Waals surface area (Å²) in [4.78, 5) is 13.9. The molecule has 0 radical (unpaired) electrons. The molecule has 1 atom stereocenters. The Hall–Kier alpha value is -2.30. The summed E-state index contributed by atoms with van der Waals surface area (Å²) in [6.07, 6.45) is 0. The number of nitrogens with zero attached hydrogens (tertiary/aromatic N) is 2. The molecule has 1 N–H and O–H groups in total. The number of benzene rings is 1. The molecule has 2 aromatic rings. The van der Waals surface area contributed by atoms with Gasteiger partial charge in [-0.1, -0.05) is 35.5 Å². The Bertz CT molecular complexity index is 573. The number of carbonyl (C=O) groups excluding carboxylic acids is 1. The predicted octanol–water partition coefficient (Wildman–Crippen LogP) is 3.52. The first kappa shape index (κ1) is 14.1. The van der Waals surface area contributed by atoms with E-state index < -0.39 is 0 Å². The van der Waals surface area contributed by atoms with Gasteiger partial charge in [0.2, 0.25) is 0 Å². The van der Waals surface area contributed by atoms with Crippen molar-refractivity contribution in [3.63, 3.8) is 0 Å². The molecule has 0 spiro atoms. The van der Waals surface area contributed by atoms with Gasteiger partial charge in [-0.3, -0.25) is 0 Å². The van der Waals surface area contributed by atoms with Gasteiger partial charge in [-0.25, -0.2) is 4.79 Å². The maximum Gasteiger partial charge on any atom is 0.322 e. The van der Waals surface area contributed by atoms with Crippen molar-refractivity contribution < 1.29 is 9.32 Å². The van der Waals surface area contributed by atoms with Crippen LogP contribution in [-0.4, -0.2) is 23.1 Å². The Kier molecular flexibility index (Phi) is 4.08. The van der Waals surface area contributed by atoms with E-state index in [1.165, 1.54) is 0 Å². The minimum absolute atomic E-state index is 0.0170. The number of nitrogens with one attached hydrogen (secondary N) is 1. The molecule has 1 unspecified atom stereocenters. The third-order valence-electron chi connectivity index (χ3n) is 3.45. The van der Waals surface area contributed by atoms with E-state index >= 15 is 0 Å². The highest BCUT2D eigenvalue weighted by molar-refractivity contribution is 5.90. The lowest BCUT2D eigenvalue weighted by atomic mass is 10.1. The van der Waals surface area contributed by atoms with Crippen LogP contribution in [0.1, 0.15) is 30.0 Å². The highest BCUT2D eigenvalue weighted by atomic mass is 16.5. The third-order valence-corrected chi connectivity index (χ3v) is 3.45. The number of rotatable bonds is 3. The molecule has 0 aliphatic carbocycles. The molecule has 2 rings (SSSR count). The number of urea groups is 1. The fourth-order valence-corrected chi connectivity index (χ4v) is 1.99. The first-order valence-electron chi connectivity index (χ1n) is 6.52. The molecular formula is C15H19N3O2. The van der Waals surface area contributed by atoms with Crippen molar-refractivity contribution in [1.82, 2.24) is 10.1 Å². The number of hydrogen-bond acceptors (Lipinski definition) is 3. The van der Waals surface area contributed by atoms with E-state index in [9.17, 15) is 4.79 Å². The average molecular weight is 273 g/mol. The molecular weight excluding hydrogens is 254 g/mol. The lowest BCUT2D eigenvalue weighted by Gasteiger charge is -2.25. The quantitative estimate of drug-likeness (QED) is 0.930. The van der Waals surface area contributed by atoms with Gasteiger partial charge in [0, 0.05) is 7.05 Å². The molecule has 1 aromatic carbocycles. The molecule has 0 saturated carbocycles. The summed E-state index contributed by atoms with van der Waals surface area (Å²) in [5.41, 5.74) is 2.41. The van der Waals surface area contributed by atoms with Crippen LogP contribution in [0.3, 0.4) is 0 Å². The summed E-state index contributed by atoms with van der Waals surface area (Å²) in [6.45, 7) is 5.56. The predicted molar refractivity (Wildman–Crippen MR) is 77.6 cm³/mol. The molecule has 0 fully saturated rings. The van der Waals surface area contributed by atoms with Crippen LogP contribution < -0.4 is 5.32 Å². The standard InChI is InChI=1S/C15H19N3O2/c1-10-14(12(3)20-17-10)16-15(19)18(4)11(2)13-8-6-5-7-9-13/h5-9,11H,1-4H3,(H,16,19). The zero-order valence-corrected chi connectivity index (χ0v) is 12.2. The summed E-state index contributed by atoms with van der Waals surface area (Å²) in [6, 6.07) is 9.69. The lowest BCUT2D eigenvalue weighted by molar-refractivity contribution is 0.208. The van der Waals surface area contributed by atoms with E-state index in [0.717, 1.165) is 5.56 Å². The summed E-state index contributed by atoms with van der Waals surface area (Å²) in [7, 11) is 1.77. The summed E-state index contributed by atoms with van der Waals surface area (Å²) in [5, 5.41) is 6.66. The van der Waals surface area contributed by atoms with Crippen LogP contribution in [0.4, 0.5) is 10.5 Å². The SMILES string of the molecule is Cc1noc(C)c1NC(=O)N(C)C(C)c1ccccc1. The number of hydrogen-bond donors (Lipinski definition) is 1. The molecule has 0 aliphatic heterocycles. The van der Waals surface area contributed by atoms with E-state index in [4.69, 9.17) is 4.52 Å². The van der Waals surface area contributed by atoms with Crippen LogP contribution >= 0.6 is 0 Å². The van der Waals surface area contributed by atoms with E-state index in [1.54, 1.807) is 25.8 Å². The molecule has 1 aromatic heterocycles. The van der Waals surface area contributed by atoms with Crippen LogP contribution in [0.25, 0.3) is 0 Å². The first-order chi connectivity index (χ1) is 9.50. The van der Waals surface area contributed by atoms with Crippen molar-refractivity contribution in [3.8, 4) is 0 Å². The van der Waals surface area contributed by atoms with Crippen LogP contribution in [0.5, 0.6) is 0 Å². The van der Waals surface area contributed by atoms with Crippen molar-refractivity contribution >= 4 is 11.7 Å². The second kappa shape index (κ2) is 5.77. The maximum absolute atomic E-state index is 12.3. The Balaban J connectivity index is 2.09. The largest absolute Gasteiger partial charge is 0.359 e. The Morgan fingerprint density at radius 3 is 2.50 bits per heavy atom. The monoisotopic (exact) mass is 273 g/mol. The van der Waals surface area contributed by atoms with Gasteiger partial charge in [0.25, 0.3) is 0 Å². The van der Waals surface area contributed by atoms with Crippen LogP contribution in [-0.2, 0) is 0 Å². The molecule has 5 nitrogen and oxygen atoms in total. The van der Waals surface area contributed by atoms with E-state index in [-0.39, 0.29) is 12.1 Å². The van der Waals surface area contributed by atoms with E-state index in [2.05, 4.69) is 10.5 Å². The van der Waals surface area contributed by atoms with Gasteiger partial charge < -0.3 is 14.7 Å². The van der Waals surface area contributed by atoms with Crippen molar-refractivity contribution in [3.05, 3.63) is 47.3 Å². The molecule has 2 amide bonds. The third kappa shape index (κ3) is 2.82.